The van der Waals surface area contributed by atoms with Crippen LogP contribution in [-0.4, -0.2) is 56.2 Å². The van der Waals surface area contributed by atoms with E-state index in [2.05, 4.69) is 25.6 Å². The lowest BCUT2D eigenvalue weighted by Crippen LogP contribution is -2.36. The van der Waals surface area contributed by atoms with Crippen LogP contribution in [0.4, 0.5) is 0 Å². The fraction of sp³-hybridized carbons (Fsp3) is 0.889. The quantitative estimate of drug-likeness (QED) is 0.508. The smallest absolute Gasteiger partial charge is 0.320 e. The van der Waals surface area contributed by atoms with Crippen LogP contribution in [-0.2, 0) is 14.3 Å². The summed E-state index contributed by atoms with van der Waals surface area (Å²) in [7, 11) is 3.06. The number of carbonyl (C=O) groups is 1. The largest absolute Gasteiger partial charge is 0.468 e. The van der Waals surface area contributed by atoms with Crippen molar-refractivity contribution in [1.82, 2.24) is 4.90 Å². The topological polar surface area (TPSA) is 38.8 Å². The highest BCUT2D eigenvalue weighted by Gasteiger charge is 2.17. The summed E-state index contributed by atoms with van der Waals surface area (Å²) in [6.07, 6.45) is 0. The van der Waals surface area contributed by atoms with Gasteiger partial charge in [-0.25, -0.2) is 0 Å². The molecule has 0 aliphatic heterocycles. The molecule has 1 atom stereocenters. The average molecular weight is 268 g/mol. The number of rotatable bonds is 7. The first-order chi connectivity index (χ1) is 6.65. The van der Waals surface area contributed by atoms with E-state index in [0.717, 1.165) is 13.1 Å². The second-order valence-corrected chi connectivity index (χ2v) is 3.98. The lowest BCUT2D eigenvalue weighted by atomic mass is 10.3. The third-order valence-corrected chi connectivity index (χ3v) is 2.60. The van der Waals surface area contributed by atoms with Crippen molar-refractivity contribution in [2.24, 2.45) is 0 Å². The zero-order chi connectivity index (χ0) is 11.0. The zero-order valence-electron chi connectivity index (χ0n) is 8.96. The molecular formula is C9H18BrNO3. The number of methoxy groups -OCH3 is 2. The lowest BCUT2D eigenvalue weighted by molar-refractivity contribution is -0.140. The van der Waals surface area contributed by atoms with E-state index in [1.807, 2.05) is 6.92 Å². The summed E-state index contributed by atoms with van der Waals surface area (Å²) >= 11 is 3.28. The molecule has 84 valence electrons. The van der Waals surface area contributed by atoms with Gasteiger partial charge in [-0.1, -0.05) is 22.9 Å². The number of hydrogen-bond donors (Lipinski definition) is 0. The van der Waals surface area contributed by atoms with Gasteiger partial charge >= 0.3 is 5.97 Å². The Kier molecular flexibility index (Phi) is 8.12. The highest BCUT2D eigenvalue weighted by molar-refractivity contribution is 9.10. The van der Waals surface area contributed by atoms with Gasteiger partial charge in [0.1, 0.15) is 4.83 Å². The Hall–Kier alpha value is -0.130. The van der Waals surface area contributed by atoms with Crippen LogP contribution in [0.3, 0.4) is 0 Å². The highest BCUT2D eigenvalue weighted by atomic mass is 79.9. The van der Waals surface area contributed by atoms with Crippen molar-refractivity contribution in [3.8, 4) is 0 Å². The molecule has 0 saturated carbocycles. The molecule has 14 heavy (non-hydrogen) atoms. The van der Waals surface area contributed by atoms with Gasteiger partial charge in [0.05, 0.1) is 13.7 Å². The summed E-state index contributed by atoms with van der Waals surface area (Å²) < 4.78 is 9.59. The number of esters is 1. The molecular weight excluding hydrogens is 250 g/mol. The van der Waals surface area contributed by atoms with E-state index in [-0.39, 0.29) is 10.8 Å². The molecule has 0 fully saturated rings. The molecule has 0 bridgehead atoms. The highest BCUT2D eigenvalue weighted by Crippen LogP contribution is 2.04. The Morgan fingerprint density at radius 2 is 2.14 bits per heavy atom. The van der Waals surface area contributed by atoms with Crippen LogP contribution in [0.2, 0.25) is 0 Å². The van der Waals surface area contributed by atoms with E-state index in [9.17, 15) is 4.79 Å². The second-order valence-electron chi connectivity index (χ2n) is 2.88. The van der Waals surface area contributed by atoms with Crippen molar-refractivity contribution in [3.63, 3.8) is 0 Å². The van der Waals surface area contributed by atoms with Gasteiger partial charge in [-0.05, 0) is 6.54 Å². The maximum Gasteiger partial charge on any atom is 0.320 e. The SMILES string of the molecule is CCN(CCOC)CC(Br)C(=O)OC. The minimum Gasteiger partial charge on any atom is -0.468 e. The minimum atomic E-state index is -0.260. The van der Waals surface area contributed by atoms with Gasteiger partial charge in [0.25, 0.3) is 0 Å². The molecule has 0 heterocycles. The van der Waals surface area contributed by atoms with Gasteiger partial charge in [-0.3, -0.25) is 9.69 Å². The van der Waals surface area contributed by atoms with Gasteiger partial charge in [0.2, 0.25) is 0 Å². The summed E-state index contributed by atoms with van der Waals surface area (Å²) in [6.45, 7) is 5.09. The fourth-order valence-electron chi connectivity index (χ4n) is 1.03. The average Bonchev–Trinajstić information content (AvgIpc) is 2.22. The third kappa shape index (κ3) is 5.57. The van der Waals surface area contributed by atoms with Gasteiger partial charge in [-0.15, -0.1) is 0 Å². The summed E-state index contributed by atoms with van der Waals surface area (Å²) in [5.74, 6) is -0.235. The Labute approximate surface area is 93.7 Å². The van der Waals surface area contributed by atoms with Gasteiger partial charge in [0.15, 0.2) is 0 Å². The lowest BCUT2D eigenvalue weighted by Gasteiger charge is -2.21. The maximum absolute atomic E-state index is 11.1. The van der Waals surface area contributed by atoms with Gasteiger partial charge in [-0.2, -0.15) is 0 Å². The minimum absolute atomic E-state index is 0.235. The van der Waals surface area contributed by atoms with E-state index in [1.54, 1.807) is 7.11 Å². The van der Waals surface area contributed by atoms with Crippen LogP contribution in [0.1, 0.15) is 6.92 Å². The molecule has 0 amide bonds. The van der Waals surface area contributed by atoms with Gasteiger partial charge in [0, 0.05) is 20.2 Å². The van der Waals surface area contributed by atoms with Crippen molar-refractivity contribution in [1.29, 1.82) is 0 Å². The molecule has 1 unspecified atom stereocenters. The Balaban J connectivity index is 3.85. The molecule has 0 rings (SSSR count). The number of likely N-dealkylation sites (N-methyl/N-ethyl adjacent to an activating group) is 1. The fourth-order valence-corrected chi connectivity index (χ4v) is 1.62. The predicted molar refractivity (Wildman–Crippen MR) is 58.7 cm³/mol. The van der Waals surface area contributed by atoms with Crippen molar-refractivity contribution < 1.29 is 14.3 Å². The van der Waals surface area contributed by atoms with Crippen molar-refractivity contribution in [3.05, 3.63) is 0 Å². The number of alkyl halides is 1. The first-order valence-electron chi connectivity index (χ1n) is 4.58. The van der Waals surface area contributed by atoms with E-state index >= 15 is 0 Å². The molecule has 5 heteroatoms. The van der Waals surface area contributed by atoms with Crippen molar-refractivity contribution in [2.45, 2.75) is 11.8 Å². The van der Waals surface area contributed by atoms with Crippen molar-refractivity contribution in [2.75, 3.05) is 40.5 Å². The molecule has 0 saturated heterocycles. The molecule has 4 nitrogen and oxygen atoms in total. The third-order valence-electron chi connectivity index (χ3n) is 1.93. The van der Waals surface area contributed by atoms with Crippen LogP contribution >= 0.6 is 15.9 Å². The predicted octanol–water partition coefficient (Wildman–Crippen LogP) is 0.891. The summed E-state index contributed by atoms with van der Waals surface area (Å²) in [5.41, 5.74) is 0. The monoisotopic (exact) mass is 267 g/mol. The number of nitrogens with zero attached hydrogens (tertiary/aromatic N) is 1. The molecule has 0 spiro atoms. The van der Waals surface area contributed by atoms with Crippen LogP contribution in [0.15, 0.2) is 0 Å². The molecule has 0 aliphatic rings. The Bertz CT molecular complexity index is 166. The Morgan fingerprint density at radius 3 is 2.57 bits per heavy atom. The zero-order valence-corrected chi connectivity index (χ0v) is 10.5. The van der Waals surface area contributed by atoms with Crippen LogP contribution in [0, 0.1) is 0 Å². The molecule has 0 N–H and O–H groups in total. The summed E-state index contributed by atoms with van der Waals surface area (Å²) in [4.78, 5) is 13.0. The van der Waals surface area contributed by atoms with Crippen molar-refractivity contribution >= 4 is 21.9 Å². The second kappa shape index (κ2) is 8.20. The van der Waals surface area contributed by atoms with E-state index in [0.29, 0.717) is 13.2 Å². The normalized spacial score (nSPS) is 12.9. The molecule has 0 aromatic carbocycles. The number of halogens is 1. The molecule has 0 radical (unpaired) electrons. The molecule has 0 aromatic rings. The summed E-state index contributed by atoms with van der Waals surface area (Å²) in [6, 6.07) is 0. The van der Waals surface area contributed by atoms with E-state index < -0.39 is 0 Å². The molecule has 0 aliphatic carbocycles. The van der Waals surface area contributed by atoms with E-state index in [1.165, 1.54) is 7.11 Å². The summed E-state index contributed by atoms with van der Waals surface area (Å²) in [5, 5.41) is 0. The molecule has 0 aromatic heterocycles. The van der Waals surface area contributed by atoms with Crippen LogP contribution in [0.25, 0.3) is 0 Å². The standard InChI is InChI=1S/C9H18BrNO3/c1-4-11(5-6-13-2)7-8(10)9(12)14-3/h8H,4-7H2,1-3H3. The number of ether oxygens (including phenoxy) is 2. The Morgan fingerprint density at radius 1 is 1.50 bits per heavy atom. The van der Waals surface area contributed by atoms with Crippen LogP contribution in [0.5, 0.6) is 0 Å². The number of hydrogen-bond acceptors (Lipinski definition) is 4. The van der Waals surface area contributed by atoms with E-state index in [4.69, 9.17) is 4.74 Å². The first-order valence-corrected chi connectivity index (χ1v) is 5.50. The first kappa shape index (κ1) is 13.9. The van der Waals surface area contributed by atoms with Crippen LogP contribution < -0.4 is 0 Å². The van der Waals surface area contributed by atoms with Gasteiger partial charge < -0.3 is 9.47 Å². The maximum atomic E-state index is 11.1. The number of carbonyl (C=O) groups excluding carboxylic acids is 1.